The lowest BCUT2D eigenvalue weighted by Crippen LogP contribution is -2.39. The van der Waals surface area contributed by atoms with Gasteiger partial charge >= 0.3 is 0 Å². The van der Waals surface area contributed by atoms with Gasteiger partial charge in [-0.2, -0.15) is 0 Å². The molecular weight excluding hydrogens is 270 g/mol. The zero-order chi connectivity index (χ0) is 14.9. The van der Waals surface area contributed by atoms with E-state index in [1.54, 1.807) is 12.1 Å². The van der Waals surface area contributed by atoms with Gasteiger partial charge in [0.15, 0.2) is 5.69 Å². The normalized spacial score (nSPS) is 15.7. The van der Waals surface area contributed by atoms with E-state index < -0.39 is 0 Å². The van der Waals surface area contributed by atoms with E-state index in [1.807, 2.05) is 6.92 Å². The molecule has 1 aromatic heterocycles. The van der Waals surface area contributed by atoms with Gasteiger partial charge in [0.2, 0.25) is 0 Å². The Hall–Kier alpha value is -1.73. The summed E-state index contributed by atoms with van der Waals surface area (Å²) in [7, 11) is 0. The van der Waals surface area contributed by atoms with Crippen LogP contribution in [0.15, 0.2) is 12.1 Å². The van der Waals surface area contributed by atoms with Gasteiger partial charge in [-0.05, 0) is 18.6 Å². The van der Waals surface area contributed by atoms with E-state index in [2.05, 4.69) is 25.7 Å². The molecule has 1 aliphatic rings. The number of aromatic nitrogens is 2. The van der Waals surface area contributed by atoms with Crippen LogP contribution in [0.4, 0.5) is 5.82 Å². The van der Waals surface area contributed by atoms with Gasteiger partial charge in [0.05, 0.1) is 13.2 Å². The van der Waals surface area contributed by atoms with Crippen LogP contribution in [0, 0.1) is 0 Å². The Morgan fingerprint density at radius 2 is 2.10 bits per heavy atom. The van der Waals surface area contributed by atoms with Crippen molar-refractivity contribution < 1.29 is 9.53 Å². The quantitative estimate of drug-likeness (QED) is 0.756. The lowest BCUT2D eigenvalue weighted by molar-refractivity contribution is 0.0398. The van der Waals surface area contributed by atoms with Crippen molar-refractivity contribution in [2.24, 2.45) is 0 Å². The highest BCUT2D eigenvalue weighted by atomic mass is 16.5. The van der Waals surface area contributed by atoms with Crippen molar-refractivity contribution in [2.75, 3.05) is 51.3 Å². The number of anilines is 1. The molecule has 7 heteroatoms. The summed E-state index contributed by atoms with van der Waals surface area (Å²) in [6.07, 6.45) is 0.903. The molecule has 21 heavy (non-hydrogen) atoms. The van der Waals surface area contributed by atoms with Gasteiger partial charge in [-0.15, -0.1) is 10.2 Å². The van der Waals surface area contributed by atoms with E-state index in [1.165, 1.54) is 0 Å². The zero-order valence-corrected chi connectivity index (χ0v) is 12.5. The molecule has 0 bridgehead atoms. The van der Waals surface area contributed by atoms with Crippen molar-refractivity contribution >= 4 is 11.7 Å². The third kappa shape index (κ3) is 5.28. The van der Waals surface area contributed by atoms with Crippen molar-refractivity contribution in [3.05, 3.63) is 17.8 Å². The van der Waals surface area contributed by atoms with E-state index in [4.69, 9.17) is 4.74 Å². The molecule has 1 aliphatic heterocycles. The second-order valence-electron chi connectivity index (χ2n) is 4.94. The lowest BCUT2D eigenvalue weighted by atomic mass is 10.3. The Balaban J connectivity index is 1.72. The monoisotopic (exact) mass is 293 g/mol. The Kier molecular flexibility index (Phi) is 6.36. The molecule has 0 aliphatic carbocycles. The molecule has 1 saturated heterocycles. The Morgan fingerprint density at radius 1 is 1.29 bits per heavy atom. The van der Waals surface area contributed by atoms with E-state index >= 15 is 0 Å². The highest BCUT2D eigenvalue weighted by Gasteiger charge is 2.10. The molecule has 2 rings (SSSR count). The van der Waals surface area contributed by atoms with E-state index in [0.29, 0.717) is 18.1 Å². The van der Waals surface area contributed by atoms with Gasteiger partial charge in [0.25, 0.3) is 5.91 Å². The van der Waals surface area contributed by atoms with Gasteiger partial charge in [-0.25, -0.2) is 0 Å². The fourth-order valence-electron chi connectivity index (χ4n) is 2.04. The predicted octanol–water partition coefficient (Wildman–Crippen LogP) is 0.361. The standard InChI is InChI=1S/C14H23N5O2/c1-2-5-16-14(20)12-3-4-13(18-17-12)15-6-7-19-8-10-21-11-9-19/h3-4H,2,5-11H2,1H3,(H,15,18)(H,16,20). The molecule has 1 fully saturated rings. The largest absolute Gasteiger partial charge is 0.379 e. The maximum absolute atomic E-state index is 11.7. The highest BCUT2D eigenvalue weighted by Crippen LogP contribution is 2.02. The second kappa shape index (κ2) is 8.53. The maximum atomic E-state index is 11.7. The second-order valence-corrected chi connectivity index (χ2v) is 4.94. The fraction of sp³-hybridized carbons (Fsp3) is 0.643. The summed E-state index contributed by atoms with van der Waals surface area (Å²) in [5.41, 5.74) is 0.349. The molecule has 1 amide bonds. The summed E-state index contributed by atoms with van der Waals surface area (Å²) >= 11 is 0. The summed E-state index contributed by atoms with van der Waals surface area (Å²) in [6.45, 7) is 7.98. The molecule has 7 nitrogen and oxygen atoms in total. The Morgan fingerprint density at radius 3 is 2.76 bits per heavy atom. The molecule has 0 unspecified atom stereocenters. The Bertz CT molecular complexity index is 431. The first kappa shape index (κ1) is 15.7. The van der Waals surface area contributed by atoms with Gasteiger partial charge in [0.1, 0.15) is 5.82 Å². The molecule has 0 radical (unpaired) electrons. The molecule has 2 N–H and O–H groups in total. The number of carbonyl (C=O) groups excluding carboxylic acids is 1. The van der Waals surface area contributed by atoms with Crippen molar-refractivity contribution in [1.82, 2.24) is 20.4 Å². The van der Waals surface area contributed by atoms with Crippen molar-refractivity contribution in [1.29, 1.82) is 0 Å². The number of ether oxygens (including phenoxy) is 1. The fourth-order valence-corrected chi connectivity index (χ4v) is 2.04. The summed E-state index contributed by atoms with van der Waals surface area (Å²) in [4.78, 5) is 14.0. The van der Waals surface area contributed by atoms with E-state index in [-0.39, 0.29) is 5.91 Å². The van der Waals surface area contributed by atoms with Crippen molar-refractivity contribution in [2.45, 2.75) is 13.3 Å². The number of hydrogen-bond acceptors (Lipinski definition) is 6. The minimum atomic E-state index is -0.177. The van der Waals surface area contributed by atoms with Crippen molar-refractivity contribution in [3.8, 4) is 0 Å². The molecule has 0 aromatic carbocycles. The molecule has 0 atom stereocenters. The molecule has 116 valence electrons. The number of carbonyl (C=O) groups is 1. The zero-order valence-electron chi connectivity index (χ0n) is 12.5. The van der Waals surface area contributed by atoms with Crippen LogP contribution in [-0.2, 0) is 4.74 Å². The topological polar surface area (TPSA) is 79.4 Å². The number of morpholine rings is 1. The van der Waals surface area contributed by atoms with Crippen LogP contribution in [-0.4, -0.2) is 66.9 Å². The Labute approximate surface area is 125 Å². The number of nitrogens with zero attached hydrogens (tertiary/aromatic N) is 3. The van der Waals surface area contributed by atoms with E-state index in [0.717, 1.165) is 45.8 Å². The third-order valence-electron chi connectivity index (χ3n) is 3.27. The average Bonchev–Trinajstić information content (AvgIpc) is 2.54. The van der Waals surface area contributed by atoms with Gasteiger partial charge < -0.3 is 15.4 Å². The predicted molar refractivity (Wildman–Crippen MR) is 80.4 cm³/mol. The van der Waals surface area contributed by atoms with Crippen molar-refractivity contribution in [3.63, 3.8) is 0 Å². The number of nitrogens with one attached hydrogen (secondary N) is 2. The first-order valence-electron chi connectivity index (χ1n) is 7.45. The summed E-state index contributed by atoms with van der Waals surface area (Å²) < 4.78 is 5.31. The van der Waals surface area contributed by atoms with Crippen LogP contribution in [0.1, 0.15) is 23.8 Å². The first-order chi connectivity index (χ1) is 10.3. The number of hydrogen-bond donors (Lipinski definition) is 2. The third-order valence-corrected chi connectivity index (χ3v) is 3.27. The van der Waals surface area contributed by atoms with Crippen LogP contribution in [0.3, 0.4) is 0 Å². The SMILES string of the molecule is CCCNC(=O)c1ccc(NCCN2CCOCC2)nn1. The van der Waals surface area contributed by atoms with Crippen LogP contribution in [0.5, 0.6) is 0 Å². The summed E-state index contributed by atoms with van der Waals surface area (Å²) in [6, 6.07) is 3.47. The minimum absolute atomic E-state index is 0.177. The maximum Gasteiger partial charge on any atom is 0.271 e. The lowest BCUT2D eigenvalue weighted by Gasteiger charge is -2.26. The highest BCUT2D eigenvalue weighted by molar-refractivity contribution is 5.92. The minimum Gasteiger partial charge on any atom is -0.379 e. The van der Waals surface area contributed by atoms with E-state index in [9.17, 15) is 4.79 Å². The molecule has 0 saturated carbocycles. The number of rotatable bonds is 7. The first-order valence-corrected chi connectivity index (χ1v) is 7.45. The average molecular weight is 293 g/mol. The van der Waals surface area contributed by atoms with Gasteiger partial charge in [0, 0.05) is 32.7 Å². The molecule has 0 spiro atoms. The smallest absolute Gasteiger partial charge is 0.271 e. The molecular formula is C14H23N5O2. The van der Waals surface area contributed by atoms with Gasteiger partial charge in [-0.3, -0.25) is 9.69 Å². The summed E-state index contributed by atoms with van der Waals surface area (Å²) in [5, 5.41) is 14.0. The van der Waals surface area contributed by atoms with Crippen LogP contribution in [0.25, 0.3) is 0 Å². The van der Waals surface area contributed by atoms with Crippen LogP contribution >= 0.6 is 0 Å². The van der Waals surface area contributed by atoms with Gasteiger partial charge in [-0.1, -0.05) is 6.92 Å². The van der Waals surface area contributed by atoms with Crippen LogP contribution in [0.2, 0.25) is 0 Å². The molecule has 1 aromatic rings. The van der Waals surface area contributed by atoms with Crippen LogP contribution < -0.4 is 10.6 Å². The molecule has 2 heterocycles. The summed E-state index contributed by atoms with van der Waals surface area (Å²) in [5.74, 6) is 0.513. The number of amides is 1.